The van der Waals surface area contributed by atoms with Gasteiger partial charge in [-0.1, -0.05) is 18.5 Å². The summed E-state index contributed by atoms with van der Waals surface area (Å²) in [5, 5.41) is 0.0511. The van der Waals surface area contributed by atoms with Crippen LogP contribution in [0.25, 0.3) is 15.6 Å². The van der Waals surface area contributed by atoms with Crippen molar-refractivity contribution in [3.63, 3.8) is 0 Å². The van der Waals surface area contributed by atoms with Crippen molar-refractivity contribution >= 4 is 32.8 Å². The van der Waals surface area contributed by atoms with E-state index in [9.17, 15) is 9.59 Å². The van der Waals surface area contributed by atoms with E-state index in [1.165, 1.54) is 11.5 Å². The monoisotopic (exact) mass is 433 g/mol. The normalized spacial score (nSPS) is 20.7. The highest BCUT2D eigenvalue weighted by atomic mass is 32.1. The molecule has 5 heterocycles. The number of rotatable bonds is 4. The number of anilines is 1. The number of halogens is 1. The number of H-pyrrole nitrogens is 1. The lowest BCUT2D eigenvalue weighted by molar-refractivity contribution is 0.110. The molecule has 11 heteroatoms. The van der Waals surface area contributed by atoms with E-state index in [2.05, 4.69) is 9.85 Å². The van der Waals surface area contributed by atoms with E-state index < -0.39 is 16.9 Å². The molecule has 0 saturated carbocycles. The molecule has 30 heavy (non-hydrogen) atoms. The van der Waals surface area contributed by atoms with Gasteiger partial charge in [-0.2, -0.15) is 0 Å². The molecule has 0 aliphatic carbocycles. The Balaban J connectivity index is 1.83. The third-order valence-corrected chi connectivity index (χ3v) is 6.60. The van der Waals surface area contributed by atoms with E-state index in [0.29, 0.717) is 29.9 Å². The van der Waals surface area contributed by atoms with E-state index in [4.69, 9.17) is 15.3 Å². The summed E-state index contributed by atoms with van der Waals surface area (Å²) in [7, 11) is 1.49. The van der Waals surface area contributed by atoms with Crippen LogP contribution in [0.3, 0.4) is 0 Å². The standard InChI is InChI=1S/C19H20FN5O4S/c1-8-7-29-16-14(24-4-9(3-21)11(6-24)22-28-2)10(20)5-25-15(16)12(8)17-13(19(25)27)18(26)23-30-17/h5-6,8-9,22H,3-4,7,21H2,1-2H3,(H,23,26). The van der Waals surface area contributed by atoms with E-state index in [1.807, 2.05) is 6.92 Å². The molecule has 5 rings (SSSR count). The van der Waals surface area contributed by atoms with Gasteiger partial charge in [0.1, 0.15) is 11.1 Å². The Kier molecular flexibility index (Phi) is 4.34. The summed E-state index contributed by atoms with van der Waals surface area (Å²) in [5.41, 5.74) is 9.90. The minimum atomic E-state index is -0.628. The van der Waals surface area contributed by atoms with Crippen molar-refractivity contribution in [1.29, 1.82) is 0 Å². The molecule has 0 bridgehead atoms. The van der Waals surface area contributed by atoms with Crippen LogP contribution in [0.5, 0.6) is 5.75 Å². The molecule has 158 valence electrons. The number of pyridine rings is 2. The minimum absolute atomic E-state index is 0.0511. The molecule has 3 aromatic rings. The van der Waals surface area contributed by atoms with Crippen molar-refractivity contribution in [2.75, 3.05) is 31.7 Å². The van der Waals surface area contributed by atoms with Gasteiger partial charge >= 0.3 is 0 Å². The zero-order valence-electron chi connectivity index (χ0n) is 16.3. The molecule has 2 atom stereocenters. The number of hydroxylamine groups is 1. The van der Waals surface area contributed by atoms with E-state index in [0.717, 1.165) is 29.0 Å². The second-order valence-corrected chi connectivity index (χ2v) is 8.33. The predicted molar refractivity (Wildman–Crippen MR) is 112 cm³/mol. The van der Waals surface area contributed by atoms with Crippen molar-refractivity contribution in [1.82, 2.24) is 14.3 Å². The van der Waals surface area contributed by atoms with E-state index >= 15 is 4.39 Å². The summed E-state index contributed by atoms with van der Waals surface area (Å²) in [6.07, 6.45) is 2.86. The van der Waals surface area contributed by atoms with Crippen LogP contribution in [0.1, 0.15) is 18.4 Å². The summed E-state index contributed by atoms with van der Waals surface area (Å²) >= 11 is 1.13. The highest BCUT2D eigenvalue weighted by Crippen LogP contribution is 2.45. The van der Waals surface area contributed by atoms with Gasteiger partial charge in [0, 0.05) is 36.7 Å². The largest absolute Gasteiger partial charge is 0.488 e. The Labute approximate surface area is 173 Å². The summed E-state index contributed by atoms with van der Waals surface area (Å²) in [4.78, 5) is 31.9. The van der Waals surface area contributed by atoms with E-state index in [-0.39, 0.29) is 28.7 Å². The van der Waals surface area contributed by atoms with Crippen LogP contribution in [0.4, 0.5) is 10.1 Å². The number of nitrogens with one attached hydrogen (secondary N) is 2. The van der Waals surface area contributed by atoms with Crippen molar-refractivity contribution in [2.45, 2.75) is 12.8 Å². The van der Waals surface area contributed by atoms with Crippen LogP contribution in [0.15, 0.2) is 27.7 Å². The number of nitrogens with zero attached hydrogens (tertiary/aromatic N) is 2. The first-order chi connectivity index (χ1) is 14.5. The van der Waals surface area contributed by atoms with Gasteiger partial charge in [-0.25, -0.2) is 4.39 Å². The first-order valence-corrected chi connectivity index (χ1v) is 10.3. The van der Waals surface area contributed by atoms with Crippen LogP contribution in [0.2, 0.25) is 0 Å². The van der Waals surface area contributed by atoms with Gasteiger partial charge in [-0.15, -0.1) is 0 Å². The summed E-state index contributed by atoms with van der Waals surface area (Å²) in [6, 6.07) is 0. The van der Waals surface area contributed by atoms with Crippen molar-refractivity contribution in [3.05, 3.63) is 50.2 Å². The Morgan fingerprint density at radius 1 is 1.47 bits per heavy atom. The fourth-order valence-corrected chi connectivity index (χ4v) is 5.28. The van der Waals surface area contributed by atoms with Gasteiger partial charge in [-0.05, 0) is 0 Å². The van der Waals surface area contributed by atoms with Gasteiger partial charge in [-0.3, -0.25) is 28.7 Å². The lowest BCUT2D eigenvalue weighted by atomic mass is 9.97. The fourth-order valence-electron chi connectivity index (χ4n) is 4.30. The first kappa shape index (κ1) is 19.1. The van der Waals surface area contributed by atoms with Crippen LogP contribution in [0, 0.1) is 11.7 Å². The maximum Gasteiger partial charge on any atom is 0.271 e. The SMILES string of the molecule is CONC1=CN(c2c(F)cn3c(=O)c4c(=O)[nH]sc4c4c3c2OCC4C)CC1CN. The summed E-state index contributed by atoms with van der Waals surface area (Å²) in [6.45, 7) is 3.04. The molecule has 2 unspecified atom stereocenters. The van der Waals surface area contributed by atoms with Crippen LogP contribution in [-0.2, 0) is 4.84 Å². The van der Waals surface area contributed by atoms with Gasteiger partial charge in [0.15, 0.2) is 11.6 Å². The number of ether oxygens (including phenoxy) is 1. The number of fused-ring (bicyclic) bond motifs is 2. The summed E-state index contributed by atoms with van der Waals surface area (Å²) < 4.78 is 25.7. The molecule has 0 amide bonds. The van der Waals surface area contributed by atoms with Crippen molar-refractivity contribution in [3.8, 4) is 5.75 Å². The van der Waals surface area contributed by atoms with Crippen LogP contribution < -0.4 is 32.0 Å². The Hall–Kier alpha value is -2.89. The highest BCUT2D eigenvalue weighted by molar-refractivity contribution is 7.13. The zero-order chi connectivity index (χ0) is 21.2. The number of aromatic nitrogens is 2. The molecule has 0 saturated heterocycles. The second kappa shape index (κ2) is 6.83. The summed E-state index contributed by atoms with van der Waals surface area (Å²) in [5.74, 6) is -0.489. The third kappa shape index (κ3) is 2.52. The number of aromatic amines is 1. The van der Waals surface area contributed by atoms with Gasteiger partial charge in [0.25, 0.3) is 11.1 Å². The van der Waals surface area contributed by atoms with Crippen LogP contribution in [-0.4, -0.2) is 35.6 Å². The molecule has 0 fully saturated rings. The van der Waals surface area contributed by atoms with Crippen molar-refractivity contribution < 1.29 is 14.0 Å². The lowest BCUT2D eigenvalue weighted by Crippen LogP contribution is -2.29. The molecule has 0 spiro atoms. The molecule has 2 aliphatic heterocycles. The predicted octanol–water partition coefficient (Wildman–Crippen LogP) is 1.22. The fraction of sp³-hybridized carbons (Fsp3) is 0.368. The maximum absolute atomic E-state index is 15.3. The van der Waals surface area contributed by atoms with Gasteiger partial charge < -0.3 is 15.4 Å². The number of hydrogen-bond acceptors (Lipinski definition) is 8. The maximum atomic E-state index is 15.3. The van der Waals surface area contributed by atoms with Crippen LogP contribution >= 0.6 is 11.5 Å². The molecular formula is C19H20FN5O4S. The third-order valence-electron chi connectivity index (χ3n) is 5.69. The molecule has 4 N–H and O–H groups in total. The van der Waals surface area contributed by atoms with E-state index in [1.54, 1.807) is 11.1 Å². The van der Waals surface area contributed by atoms with Crippen molar-refractivity contribution in [2.24, 2.45) is 11.7 Å². The molecule has 2 aliphatic rings. The number of nitrogens with two attached hydrogens (primary N) is 1. The molecule has 9 nitrogen and oxygen atoms in total. The van der Waals surface area contributed by atoms with Gasteiger partial charge in [0.2, 0.25) is 0 Å². The Morgan fingerprint density at radius 3 is 3.00 bits per heavy atom. The Bertz CT molecular complexity index is 1330. The minimum Gasteiger partial charge on any atom is -0.488 e. The van der Waals surface area contributed by atoms with Gasteiger partial charge in [0.05, 0.1) is 35.8 Å². The molecule has 0 aromatic carbocycles. The zero-order valence-corrected chi connectivity index (χ0v) is 17.1. The molecule has 3 aromatic heterocycles. The topological polar surface area (TPSA) is 114 Å². The average Bonchev–Trinajstić information content (AvgIpc) is 3.30. The number of hydrogen-bond donors (Lipinski definition) is 3. The molecular weight excluding hydrogens is 413 g/mol. The Morgan fingerprint density at radius 2 is 2.27 bits per heavy atom. The lowest BCUT2D eigenvalue weighted by Gasteiger charge is -2.29. The quantitative estimate of drug-likeness (QED) is 0.530. The second-order valence-electron chi connectivity index (χ2n) is 7.52. The highest BCUT2D eigenvalue weighted by Gasteiger charge is 2.34. The first-order valence-electron chi connectivity index (χ1n) is 9.48. The smallest absolute Gasteiger partial charge is 0.271 e. The average molecular weight is 433 g/mol. The molecule has 0 radical (unpaired) electrons.